The van der Waals surface area contributed by atoms with Crippen LogP contribution in [0.4, 0.5) is 5.69 Å². The lowest BCUT2D eigenvalue weighted by Crippen LogP contribution is -2.37. The molecule has 18 heavy (non-hydrogen) atoms. The second-order valence-corrected chi connectivity index (χ2v) is 5.25. The number of benzene rings is 1. The highest BCUT2D eigenvalue weighted by atomic mass is 16.6. The van der Waals surface area contributed by atoms with Crippen molar-refractivity contribution in [2.45, 2.75) is 25.9 Å². The molecule has 0 spiro atoms. The van der Waals surface area contributed by atoms with E-state index >= 15 is 0 Å². The van der Waals surface area contributed by atoms with E-state index in [0.29, 0.717) is 12.4 Å². The third-order valence-electron chi connectivity index (χ3n) is 3.24. The maximum Gasteiger partial charge on any atom is 0.357 e. The van der Waals surface area contributed by atoms with E-state index in [0.717, 1.165) is 17.8 Å². The van der Waals surface area contributed by atoms with E-state index in [4.69, 9.17) is 4.74 Å². The highest BCUT2D eigenvalue weighted by Gasteiger charge is 2.40. The van der Waals surface area contributed by atoms with Crippen LogP contribution in [0.25, 0.3) is 0 Å². The first-order valence-electron chi connectivity index (χ1n) is 6.10. The van der Waals surface area contributed by atoms with Crippen LogP contribution in [0.5, 0.6) is 0 Å². The number of carbonyl (C=O) groups excluding carboxylic acids is 1. The van der Waals surface area contributed by atoms with Crippen molar-refractivity contribution in [3.05, 3.63) is 41.7 Å². The number of nitrogens with one attached hydrogen (secondary N) is 1. The normalized spacial score (nSPS) is 21.4. The van der Waals surface area contributed by atoms with Gasteiger partial charge in [0.1, 0.15) is 11.3 Å². The van der Waals surface area contributed by atoms with Crippen molar-refractivity contribution in [3.63, 3.8) is 0 Å². The fourth-order valence-electron chi connectivity index (χ4n) is 2.47. The minimum Gasteiger partial charge on any atom is -0.455 e. The molecule has 4 nitrogen and oxygen atoms in total. The second-order valence-electron chi connectivity index (χ2n) is 5.25. The van der Waals surface area contributed by atoms with Crippen LogP contribution in [0.15, 0.2) is 41.7 Å². The molecule has 94 valence electrons. The molecule has 2 aliphatic heterocycles. The number of rotatable bonds is 1. The zero-order valence-corrected chi connectivity index (χ0v) is 10.6. The Kier molecular flexibility index (Phi) is 2.33. The molecule has 3 rings (SSSR count). The molecule has 0 amide bonds. The third-order valence-corrected chi connectivity index (χ3v) is 3.24. The summed E-state index contributed by atoms with van der Waals surface area (Å²) in [5.41, 5.74) is 2.22. The number of anilines is 1. The van der Waals surface area contributed by atoms with Gasteiger partial charge in [-0.1, -0.05) is 18.2 Å². The molecule has 0 bridgehead atoms. The van der Waals surface area contributed by atoms with Crippen molar-refractivity contribution in [3.8, 4) is 0 Å². The van der Waals surface area contributed by atoms with Gasteiger partial charge in [-0.25, -0.2) is 4.79 Å². The third kappa shape index (κ3) is 1.74. The number of para-hydroxylation sites is 1. The number of hydrogen-bond acceptors (Lipinski definition) is 4. The molecule has 0 radical (unpaired) electrons. The molecule has 4 heteroatoms. The lowest BCUT2D eigenvalue weighted by Gasteiger charge is -2.31. The fraction of sp³-hybridized carbons (Fsp3) is 0.357. The number of ether oxygens (including phenoxy) is 1. The average molecular weight is 244 g/mol. The molecule has 2 aliphatic rings. The zero-order valence-electron chi connectivity index (χ0n) is 10.6. The van der Waals surface area contributed by atoms with E-state index in [1.807, 2.05) is 49.1 Å². The molecule has 0 fully saturated rings. The van der Waals surface area contributed by atoms with E-state index in [-0.39, 0.29) is 5.97 Å². The largest absolute Gasteiger partial charge is 0.455 e. The van der Waals surface area contributed by atoms with Gasteiger partial charge >= 0.3 is 5.97 Å². The summed E-state index contributed by atoms with van der Waals surface area (Å²) in [6.07, 6.45) is 0.734. The Morgan fingerprint density at radius 1 is 1.28 bits per heavy atom. The first-order valence-corrected chi connectivity index (χ1v) is 6.10. The summed E-state index contributed by atoms with van der Waals surface area (Å²) in [6, 6.07) is 9.87. The van der Waals surface area contributed by atoms with Crippen molar-refractivity contribution >= 4 is 11.7 Å². The Morgan fingerprint density at radius 2 is 2.00 bits per heavy atom. The molecular formula is C14H16N2O2. The predicted octanol–water partition coefficient (Wildman–Crippen LogP) is 1.99. The smallest absolute Gasteiger partial charge is 0.357 e. The minimum atomic E-state index is -0.421. The van der Waals surface area contributed by atoms with Crippen molar-refractivity contribution in [1.82, 2.24) is 5.32 Å². The molecule has 0 unspecified atom stereocenters. The molecular weight excluding hydrogens is 228 g/mol. The molecule has 0 saturated carbocycles. The SMILES string of the molecule is CC1(C)CC2=C(C(=O)O1)N(c1ccccc1)CN2. The Morgan fingerprint density at radius 3 is 2.72 bits per heavy atom. The first kappa shape index (κ1) is 11.1. The van der Waals surface area contributed by atoms with E-state index < -0.39 is 5.60 Å². The van der Waals surface area contributed by atoms with Gasteiger partial charge in [0.15, 0.2) is 0 Å². The molecule has 0 saturated heterocycles. The van der Waals surface area contributed by atoms with Gasteiger partial charge in [0, 0.05) is 17.8 Å². The summed E-state index contributed by atoms with van der Waals surface area (Å²) >= 11 is 0. The molecule has 1 aromatic rings. The van der Waals surface area contributed by atoms with Crippen LogP contribution in [0.2, 0.25) is 0 Å². The topological polar surface area (TPSA) is 41.6 Å². The monoisotopic (exact) mass is 244 g/mol. The lowest BCUT2D eigenvalue weighted by molar-refractivity contribution is -0.153. The van der Waals surface area contributed by atoms with Crippen molar-refractivity contribution in [1.29, 1.82) is 0 Å². The molecule has 2 heterocycles. The highest BCUT2D eigenvalue weighted by molar-refractivity contribution is 5.95. The number of hydrogen-bond donors (Lipinski definition) is 1. The Balaban J connectivity index is 1.98. The van der Waals surface area contributed by atoms with Gasteiger partial charge in [0.2, 0.25) is 0 Å². The predicted molar refractivity (Wildman–Crippen MR) is 68.7 cm³/mol. The summed E-state index contributed by atoms with van der Waals surface area (Å²) in [4.78, 5) is 14.1. The van der Waals surface area contributed by atoms with Gasteiger partial charge in [0.05, 0.1) is 6.67 Å². The maximum atomic E-state index is 12.1. The van der Waals surface area contributed by atoms with E-state index in [2.05, 4.69) is 5.32 Å². The second kappa shape index (κ2) is 3.77. The Labute approximate surface area is 106 Å². The van der Waals surface area contributed by atoms with Gasteiger partial charge in [-0.05, 0) is 26.0 Å². The van der Waals surface area contributed by atoms with Crippen LogP contribution in [-0.2, 0) is 9.53 Å². The average Bonchev–Trinajstić information content (AvgIpc) is 2.72. The number of cyclic esters (lactones) is 1. The van der Waals surface area contributed by atoms with Crippen molar-refractivity contribution < 1.29 is 9.53 Å². The van der Waals surface area contributed by atoms with Gasteiger partial charge in [-0.15, -0.1) is 0 Å². The van der Waals surface area contributed by atoms with Crippen LogP contribution >= 0.6 is 0 Å². The number of esters is 1. The van der Waals surface area contributed by atoms with Crippen LogP contribution in [0.3, 0.4) is 0 Å². The van der Waals surface area contributed by atoms with E-state index in [1.54, 1.807) is 0 Å². The summed E-state index contributed by atoms with van der Waals surface area (Å²) < 4.78 is 5.46. The molecule has 0 aliphatic carbocycles. The maximum absolute atomic E-state index is 12.1. The Bertz CT molecular complexity index is 520. The standard InChI is InChI=1S/C14H16N2O2/c1-14(2)8-11-12(13(17)18-14)16(9-15-11)10-6-4-3-5-7-10/h3-7,15H,8-9H2,1-2H3. The molecule has 0 aromatic heterocycles. The minimum absolute atomic E-state index is 0.241. The van der Waals surface area contributed by atoms with Crippen LogP contribution in [0.1, 0.15) is 20.3 Å². The molecule has 1 N–H and O–H groups in total. The highest BCUT2D eigenvalue weighted by Crippen LogP contribution is 2.34. The van der Waals surface area contributed by atoms with Crippen molar-refractivity contribution in [2.24, 2.45) is 0 Å². The molecule has 0 atom stereocenters. The van der Waals surface area contributed by atoms with E-state index in [1.165, 1.54) is 0 Å². The van der Waals surface area contributed by atoms with Gasteiger partial charge in [-0.3, -0.25) is 0 Å². The Hall–Kier alpha value is -1.97. The summed E-state index contributed by atoms with van der Waals surface area (Å²) in [7, 11) is 0. The first-order chi connectivity index (χ1) is 8.57. The summed E-state index contributed by atoms with van der Waals surface area (Å²) in [5, 5.41) is 3.30. The molecule has 1 aromatic carbocycles. The van der Waals surface area contributed by atoms with Gasteiger partial charge in [0.25, 0.3) is 0 Å². The van der Waals surface area contributed by atoms with Gasteiger partial charge < -0.3 is 15.0 Å². The summed E-state index contributed by atoms with van der Waals surface area (Å²) in [6.45, 7) is 4.49. The van der Waals surface area contributed by atoms with Crippen LogP contribution < -0.4 is 10.2 Å². The summed E-state index contributed by atoms with van der Waals surface area (Å²) in [5.74, 6) is -0.241. The van der Waals surface area contributed by atoms with Crippen molar-refractivity contribution in [2.75, 3.05) is 11.6 Å². The fourth-order valence-corrected chi connectivity index (χ4v) is 2.47. The number of nitrogens with zero attached hydrogens (tertiary/aromatic N) is 1. The lowest BCUT2D eigenvalue weighted by atomic mass is 9.99. The van der Waals surface area contributed by atoms with Gasteiger partial charge in [-0.2, -0.15) is 0 Å². The number of carbonyl (C=O) groups is 1. The zero-order chi connectivity index (χ0) is 12.8. The van der Waals surface area contributed by atoms with Crippen LogP contribution in [0, 0.1) is 0 Å². The van der Waals surface area contributed by atoms with Crippen LogP contribution in [-0.4, -0.2) is 18.2 Å². The quantitative estimate of drug-likeness (QED) is 0.767. The van der Waals surface area contributed by atoms with E-state index in [9.17, 15) is 4.79 Å².